The lowest BCUT2D eigenvalue weighted by Crippen LogP contribution is -2.27. The zero-order valence-corrected chi connectivity index (χ0v) is 20.6. The molecular weight excluding hydrogens is 464 g/mol. The Kier molecular flexibility index (Phi) is 6.73. The molecule has 2 N–H and O–H groups in total. The number of anilines is 1. The smallest absolute Gasteiger partial charge is 0.355 e. The zero-order chi connectivity index (χ0) is 26.0. The van der Waals surface area contributed by atoms with Gasteiger partial charge in [0.2, 0.25) is 5.75 Å². The van der Waals surface area contributed by atoms with Crippen molar-refractivity contribution >= 4 is 22.4 Å². The molecule has 1 heterocycles. The van der Waals surface area contributed by atoms with Gasteiger partial charge in [-0.15, -0.1) is 0 Å². The third-order valence-electron chi connectivity index (χ3n) is 5.87. The normalized spacial score (nSPS) is 10.7. The molecule has 1 aromatic heterocycles. The fourth-order valence-electron chi connectivity index (χ4n) is 4.18. The van der Waals surface area contributed by atoms with Crippen molar-refractivity contribution in [2.45, 2.75) is 0 Å². The second-order valence-electron chi connectivity index (χ2n) is 7.77. The fourth-order valence-corrected chi connectivity index (χ4v) is 4.18. The average Bonchev–Trinajstić information content (AvgIpc) is 2.91. The molecule has 4 aromatic rings. The van der Waals surface area contributed by atoms with Gasteiger partial charge in [-0.25, -0.2) is 4.79 Å². The molecule has 0 atom stereocenters. The van der Waals surface area contributed by atoms with Crippen molar-refractivity contribution in [3.05, 3.63) is 70.6 Å². The van der Waals surface area contributed by atoms with Gasteiger partial charge in [0, 0.05) is 16.9 Å². The number of hydrogen-bond donors (Lipinski definition) is 1. The van der Waals surface area contributed by atoms with Crippen LogP contribution in [-0.4, -0.2) is 46.1 Å². The van der Waals surface area contributed by atoms with Crippen LogP contribution < -0.4 is 30.2 Å². The molecule has 0 amide bonds. The van der Waals surface area contributed by atoms with Crippen LogP contribution in [0, 0.1) is 0 Å². The zero-order valence-electron chi connectivity index (χ0n) is 20.6. The molecule has 0 radical (unpaired) electrons. The van der Waals surface area contributed by atoms with E-state index in [0.717, 1.165) is 0 Å². The maximum Gasteiger partial charge on any atom is 0.355 e. The number of benzene rings is 3. The van der Waals surface area contributed by atoms with Crippen LogP contribution in [0.5, 0.6) is 23.0 Å². The molecule has 186 valence electrons. The minimum absolute atomic E-state index is 0.0270. The maximum atomic E-state index is 13.9. The van der Waals surface area contributed by atoms with Crippen molar-refractivity contribution in [1.29, 1.82) is 0 Å². The molecule has 0 unspecified atom stereocenters. The Morgan fingerprint density at radius 2 is 1.42 bits per heavy atom. The van der Waals surface area contributed by atoms with Crippen LogP contribution in [0.4, 0.5) is 5.69 Å². The first kappa shape index (κ1) is 24.5. The van der Waals surface area contributed by atoms with E-state index in [1.54, 1.807) is 54.6 Å². The number of pyridine rings is 1. The van der Waals surface area contributed by atoms with Gasteiger partial charge in [0.05, 0.1) is 40.9 Å². The molecule has 4 rings (SSSR count). The van der Waals surface area contributed by atoms with Crippen LogP contribution in [0.2, 0.25) is 0 Å². The summed E-state index contributed by atoms with van der Waals surface area (Å²) in [6, 6.07) is 15.1. The van der Waals surface area contributed by atoms with E-state index in [1.165, 1.54) is 40.1 Å². The summed E-state index contributed by atoms with van der Waals surface area (Å²) in [6.07, 6.45) is 0. The highest BCUT2D eigenvalue weighted by Gasteiger charge is 2.27. The Morgan fingerprint density at radius 1 is 0.778 bits per heavy atom. The summed E-state index contributed by atoms with van der Waals surface area (Å²) < 4.78 is 28.4. The number of ether oxygens (including phenoxy) is 5. The second kappa shape index (κ2) is 9.91. The predicted octanol–water partition coefficient (Wildman–Crippen LogP) is 4.06. The first-order chi connectivity index (χ1) is 17.4. The van der Waals surface area contributed by atoms with Crippen LogP contribution in [0.3, 0.4) is 0 Å². The van der Waals surface area contributed by atoms with Crippen molar-refractivity contribution < 1.29 is 28.5 Å². The number of carbonyl (C=O) groups is 1. The largest absolute Gasteiger partial charge is 0.497 e. The third-order valence-corrected chi connectivity index (χ3v) is 5.87. The number of hydrogen-bond acceptors (Lipinski definition) is 8. The molecule has 0 aliphatic carbocycles. The van der Waals surface area contributed by atoms with Crippen LogP contribution >= 0.6 is 0 Å². The first-order valence-electron chi connectivity index (χ1n) is 10.9. The van der Waals surface area contributed by atoms with E-state index in [9.17, 15) is 9.59 Å². The molecule has 0 spiro atoms. The van der Waals surface area contributed by atoms with Gasteiger partial charge in [-0.3, -0.25) is 9.36 Å². The number of carbonyl (C=O) groups excluding carboxylic acids is 1. The average molecular weight is 491 g/mol. The lowest BCUT2D eigenvalue weighted by Gasteiger charge is -2.21. The number of nitrogen functional groups attached to an aromatic ring is 1. The van der Waals surface area contributed by atoms with E-state index in [1.807, 2.05) is 0 Å². The van der Waals surface area contributed by atoms with Crippen molar-refractivity contribution in [3.8, 4) is 39.8 Å². The summed E-state index contributed by atoms with van der Waals surface area (Å²) in [7, 11) is 7.28. The van der Waals surface area contributed by atoms with Gasteiger partial charge in [-0.2, -0.15) is 0 Å². The van der Waals surface area contributed by atoms with E-state index >= 15 is 0 Å². The van der Waals surface area contributed by atoms with E-state index in [-0.39, 0.29) is 5.69 Å². The van der Waals surface area contributed by atoms with Gasteiger partial charge in [0.1, 0.15) is 11.4 Å². The summed E-state index contributed by atoms with van der Waals surface area (Å²) in [5.41, 5.74) is 7.41. The molecule has 0 aliphatic heterocycles. The number of rotatable bonds is 7. The highest BCUT2D eigenvalue weighted by atomic mass is 16.5. The quantitative estimate of drug-likeness (QED) is 0.305. The number of aromatic nitrogens is 1. The summed E-state index contributed by atoms with van der Waals surface area (Å²) in [6.45, 7) is 0. The van der Waals surface area contributed by atoms with Crippen molar-refractivity contribution in [1.82, 2.24) is 4.57 Å². The Morgan fingerprint density at radius 3 is 1.94 bits per heavy atom. The summed E-state index contributed by atoms with van der Waals surface area (Å²) in [5, 5.41) is 0.852. The molecule has 36 heavy (non-hydrogen) atoms. The minimum atomic E-state index is -0.703. The molecule has 0 bridgehead atoms. The molecular formula is C27H26N2O7. The highest BCUT2D eigenvalue weighted by Crippen LogP contribution is 2.44. The van der Waals surface area contributed by atoms with Crippen molar-refractivity contribution in [3.63, 3.8) is 0 Å². The molecule has 9 heteroatoms. The molecule has 0 saturated heterocycles. The Bertz CT molecular complexity index is 1480. The van der Waals surface area contributed by atoms with Crippen LogP contribution in [0.1, 0.15) is 10.5 Å². The maximum absolute atomic E-state index is 13.9. The molecule has 0 aliphatic rings. The molecule has 9 nitrogen and oxygen atoms in total. The van der Waals surface area contributed by atoms with Crippen molar-refractivity contribution in [2.75, 3.05) is 41.3 Å². The Balaban J connectivity index is 2.25. The van der Waals surface area contributed by atoms with E-state index in [2.05, 4.69) is 0 Å². The molecule has 0 fully saturated rings. The standard InChI is InChI=1S/C27H26N2O7/c1-32-18-10-11-19-20(14-18)26(30)29(17-8-6-16(28)7-9-17)24(27(31)36-5)23(19)15-12-21(33-2)25(35-4)22(13-15)34-3/h6-14H,28H2,1-5H3. The topological polar surface area (TPSA) is 111 Å². The second-order valence-corrected chi connectivity index (χ2v) is 7.77. The highest BCUT2D eigenvalue weighted by molar-refractivity contribution is 6.07. The Hall–Kier alpha value is -4.66. The van der Waals surface area contributed by atoms with Crippen molar-refractivity contribution in [2.24, 2.45) is 0 Å². The van der Waals surface area contributed by atoms with Gasteiger partial charge in [0.25, 0.3) is 5.56 Å². The minimum Gasteiger partial charge on any atom is -0.497 e. The fraction of sp³-hybridized carbons (Fsp3) is 0.185. The van der Waals surface area contributed by atoms with Crippen LogP contribution in [-0.2, 0) is 4.74 Å². The third kappa shape index (κ3) is 4.04. The first-order valence-corrected chi connectivity index (χ1v) is 10.9. The number of esters is 1. The SMILES string of the molecule is COC(=O)c1c(-c2cc(OC)c(OC)c(OC)c2)c2ccc(OC)cc2c(=O)n1-c1ccc(N)cc1. The van der Waals surface area contributed by atoms with E-state index in [0.29, 0.717) is 56.3 Å². The number of nitrogens with zero attached hydrogens (tertiary/aromatic N) is 1. The van der Waals surface area contributed by atoms with Gasteiger partial charge < -0.3 is 29.4 Å². The Labute approximate surface area is 207 Å². The van der Waals surface area contributed by atoms with Gasteiger partial charge in [0.15, 0.2) is 11.5 Å². The summed E-state index contributed by atoms with van der Waals surface area (Å²) >= 11 is 0. The van der Waals surface area contributed by atoms with E-state index in [4.69, 9.17) is 29.4 Å². The van der Waals surface area contributed by atoms with Gasteiger partial charge in [-0.05, 0) is 65.5 Å². The lowest BCUT2D eigenvalue weighted by atomic mass is 9.95. The predicted molar refractivity (Wildman–Crippen MR) is 137 cm³/mol. The van der Waals surface area contributed by atoms with Gasteiger partial charge >= 0.3 is 5.97 Å². The van der Waals surface area contributed by atoms with Crippen LogP contribution in [0.15, 0.2) is 59.4 Å². The monoisotopic (exact) mass is 490 g/mol. The number of nitrogens with two attached hydrogens (primary N) is 1. The van der Waals surface area contributed by atoms with Crippen LogP contribution in [0.25, 0.3) is 27.6 Å². The summed E-state index contributed by atoms with van der Waals surface area (Å²) in [5.74, 6) is 0.945. The molecule has 3 aromatic carbocycles. The number of fused-ring (bicyclic) bond motifs is 1. The lowest BCUT2D eigenvalue weighted by molar-refractivity contribution is 0.0591. The molecule has 0 saturated carbocycles. The summed E-state index contributed by atoms with van der Waals surface area (Å²) in [4.78, 5) is 27.2. The van der Waals surface area contributed by atoms with Gasteiger partial charge in [-0.1, -0.05) is 0 Å². The number of methoxy groups -OCH3 is 5. The van der Waals surface area contributed by atoms with E-state index < -0.39 is 11.5 Å².